The summed E-state index contributed by atoms with van der Waals surface area (Å²) in [4.78, 5) is 56.0. The van der Waals surface area contributed by atoms with Gasteiger partial charge < -0.3 is 39.1 Å². The molecule has 0 saturated carbocycles. The van der Waals surface area contributed by atoms with Crippen LogP contribution in [0.15, 0.2) is 94.3 Å². The second-order valence-corrected chi connectivity index (χ2v) is 31.0. The number of hydrogen-bond donors (Lipinski definition) is 2. The fraction of sp³-hybridized carbons (Fsp3) is 0.365. The van der Waals surface area contributed by atoms with Crippen molar-refractivity contribution in [2.75, 3.05) is 31.6 Å². The van der Waals surface area contributed by atoms with Crippen LogP contribution in [-0.4, -0.2) is 98.0 Å². The van der Waals surface area contributed by atoms with Crippen LogP contribution >= 0.6 is 104 Å². The van der Waals surface area contributed by atoms with Crippen molar-refractivity contribution in [1.82, 2.24) is 10.2 Å². The van der Waals surface area contributed by atoms with Gasteiger partial charge in [0.05, 0.1) is 99.6 Å². The van der Waals surface area contributed by atoms with Gasteiger partial charge in [0, 0.05) is 48.6 Å². The number of ketones is 1. The molecule has 498 valence electrons. The molecule has 94 heavy (non-hydrogen) atoms. The van der Waals surface area contributed by atoms with Gasteiger partial charge in [0.15, 0.2) is 38.2 Å². The molecule has 3 unspecified atom stereocenters. The summed E-state index contributed by atoms with van der Waals surface area (Å²) >= 11 is 49.8. The van der Waals surface area contributed by atoms with E-state index in [9.17, 15) is 45.4 Å². The molecule has 16 nitrogen and oxygen atoms in total. The normalized spacial score (nSPS) is 21.3. The van der Waals surface area contributed by atoms with Gasteiger partial charge in [-0.1, -0.05) is 133 Å². The number of sulfone groups is 1. The Morgan fingerprint density at radius 2 is 1.17 bits per heavy atom. The number of Topliss-reactive ketones (excluding diaryl/α,β-unsaturated/α-hetero) is 1. The maximum Gasteiger partial charge on any atom is 0.492 e. The summed E-state index contributed by atoms with van der Waals surface area (Å²) in [7, 11) is -4.29. The number of aryl methyl sites for hydroxylation is 1. The number of likely N-dealkylation sites (tertiary alicyclic amines) is 1. The van der Waals surface area contributed by atoms with Crippen molar-refractivity contribution < 1.29 is 69.3 Å². The van der Waals surface area contributed by atoms with E-state index in [-0.39, 0.29) is 25.1 Å². The summed E-state index contributed by atoms with van der Waals surface area (Å²) in [6, 6.07) is 23.2. The van der Waals surface area contributed by atoms with Crippen LogP contribution in [0.3, 0.4) is 0 Å². The van der Waals surface area contributed by atoms with Crippen molar-refractivity contribution in [2.24, 2.45) is 15.5 Å². The van der Waals surface area contributed by atoms with Gasteiger partial charge in [0.2, 0.25) is 5.91 Å². The first-order valence-electron chi connectivity index (χ1n) is 28.7. The Morgan fingerprint density at radius 1 is 0.691 bits per heavy atom. The van der Waals surface area contributed by atoms with Crippen molar-refractivity contribution >= 4 is 161 Å². The van der Waals surface area contributed by atoms with Crippen LogP contribution in [0.25, 0.3) is 0 Å². The van der Waals surface area contributed by atoms with Crippen molar-refractivity contribution in [2.45, 2.75) is 114 Å². The number of fused-ring (bicyclic) bond motifs is 3. The third-order valence-corrected chi connectivity index (χ3v) is 21.7. The van der Waals surface area contributed by atoms with Gasteiger partial charge in [-0.3, -0.25) is 14.4 Å². The van der Waals surface area contributed by atoms with Crippen molar-refractivity contribution in [3.63, 3.8) is 0 Å². The summed E-state index contributed by atoms with van der Waals surface area (Å²) in [6.45, 7) is 11.7. The first kappa shape index (κ1) is 71.5. The third-order valence-electron chi connectivity index (χ3n) is 16.7. The number of amides is 2. The monoisotopic (exact) mass is 1490 g/mol. The molecule has 0 bridgehead atoms. The Hall–Kier alpha value is -5.25. The Labute approximate surface area is 582 Å². The van der Waals surface area contributed by atoms with E-state index < -0.39 is 99.7 Å². The molecule has 31 heteroatoms. The number of oxime groups is 3. The largest absolute Gasteiger partial charge is 0.492 e. The maximum absolute atomic E-state index is 13.8. The van der Waals surface area contributed by atoms with Crippen LogP contribution in [0.4, 0.5) is 17.6 Å². The number of rotatable bonds is 13. The molecule has 0 aliphatic carbocycles. The smallest absolute Gasteiger partial charge is 0.423 e. The number of hydrogen-bond acceptors (Lipinski definition) is 15. The lowest BCUT2D eigenvalue weighted by Gasteiger charge is -2.47. The number of ether oxygens (including phenoxy) is 1. The second-order valence-electron chi connectivity index (χ2n) is 24.6. The number of benzene rings is 5. The Bertz CT molecular complexity index is 4260. The van der Waals surface area contributed by atoms with E-state index in [4.69, 9.17) is 117 Å². The lowest BCUT2D eigenvalue weighted by atomic mass is 9.77. The van der Waals surface area contributed by atoms with Crippen LogP contribution in [-0.2, 0) is 77.9 Å². The summed E-state index contributed by atoms with van der Waals surface area (Å²) in [5.74, 6) is -2.82. The zero-order valence-corrected chi connectivity index (χ0v) is 58.5. The highest BCUT2D eigenvalue weighted by atomic mass is 35.5. The van der Waals surface area contributed by atoms with E-state index >= 15 is 0 Å². The number of nitrogens with one attached hydrogen (secondary N) is 1. The summed E-state index contributed by atoms with van der Waals surface area (Å²) in [6.07, 6.45) is -3.91. The molecule has 0 radical (unpaired) electrons. The van der Waals surface area contributed by atoms with Crippen LogP contribution < -0.4 is 10.8 Å². The Morgan fingerprint density at radius 3 is 1.68 bits per heavy atom. The third kappa shape index (κ3) is 15.2. The molecule has 1 saturated heterocycles. The number of carbonyl (C=O) groups excluding carboxylic acids is 3. The number of nitrogens with zero attached hydrogens (tertiary/aromatic N) is 4. The van der Waals surface area contributed by atoms with Gasteiger partial charge in [-0.15, -0.1) is 11.3 Å². The SMILES string of the molecule is CC1(C)OB(O)c2ccc(C3=NOC(C)(c4cc(Cl)c(Cl)c(Cl)c4)C3)cc21.CC1(c2cc(Cl)c(F)c(Cl)c2)CC(c2ccc3c(c2)COC32CN(C(=O)CS(C)(=O)=O)C2)=NO1.Cc1cc(C2=NOC(C)(c3cc(Cl)c(Cl)c(Cl)c3)C2)sc1C(=O)NCC(=O)CCC(F)(F)F. The number of halogens is 12. The fourth-order valence-electron chi connectivity index (χ4n) is 11.4. The molecule has 2 N–H and O–H groups in total. The molecule has 1 fully saturated rings. The van der Waals surface area contributed by atoms with Crippen LogP contribution in [0, 0.1) is 12.7 Å². The lowest BCUT2D eigenvalue weighted by molar-refractivity contribution is -0.166. The van der Waals surface area contributed by atoms with E-state index in [1.807, 2.05) is 71.0 Å². The highest BCUT2D eigenvalue weighted by molar-refractivity contribution is 7.91. The first-order chi connectivity index (χ1) is 43.8. The van der Waals surface area contributed by atoms with Crippen molar-refractivity contribution in [1.29, 1.82) is 0 Å². The summed E-state index contributed by atoms with van der Waals surface area (Å²) in [5.41, 5.74) is 6.82. The molecule has 6 aromatic rings. The molecular weight excluding hydrogens is 1440 g/mol. The zero-order chi connectivity index (χ0) is 68.6. The molecule has 1 spiro atoms. The van der Waals surface area contributed by atoms with Gasteiger partial charge in [-0.2, -0.15) is 13.2 Å². The fourth-order valence-corrected chi connectivity index (χ4v) is 14.8. The molecular formula is C63H56BCl8F4N5O11S2. The standard InChI is InChI=1S/C23H21Cl2FN2O5S.C21H18Cl3F3N2O3S.C19H17BCl3NO3/c1-22(15-6-17(24)21(26)18(25)7-15)8-19(27-33-22)13-3-4-16-14(5-13)9-32-23(16)11-28(12-23)20(29)10-34(2,30)31;1-10-5-16(33-18(10)19(31)28-9-12(30)3-4-21(25,26)27)15-8-20(2,32-29-15)11-6-13(22)17(24)14(23)7-11;1-18(2)12-6-10(4-5-13(12)20(25)26-18)16-9-19(3,27-24-16)11-7-14(21)17(23)15(22)8-11/h3-7H,8-12H2,1-2H3;5-7H,3-4,8-9H2,1-2H3,(H,28,31);4-8,25H,9H2,1-3H3. The van der Waals surface area contributed by atoms with E-state index in [0.29, 0.717) is 86.2 Å². The van der Waals surface area contributed by atoms with Gasteiger partial charge in [-0.25, -0.2) is 12.8 Å². The Kier molecular flexibility index (Phi) is 20.5. The maximum atomic E-state index is 13.8. The first-order valence-corrected chi connectivity index (χ1v) is 34.6. The van der Waals surface area contributed by atoms with Gasteiger partial charge >= 0.3 is 13.3 Å². The van der Waals surface area contributed by atoms with E-state index in [1.54, 1.807) is 37.3 Å². The van der Waals surface area contributed by atoms with Gasteiger partial charge in [0.25, 0.3) is 5.91 Å². The molecule has 6 aliphatic heterocycles. The van der Waals surface area contributed by atoms with Gasteiger partial charge in [0.1, 0.15) is 17.1 Å². The van der Waals surface area contributed by atoms with Gasteiger partial charge in [-0.05, 0) is 135 Å². The zero-order valence-electron chi connectivity index (χ0n) is 50.8. The quantitative estimate of drug-likeness (QED) is 0.0632. The highest BCUT2D eigenvalue weighted by Crippen LogP contribution is 2.47. The van der Waals surface area contributed by atoms with E-state index in [0.717, 1.165) is 67.9 Å². The average molecular weight is 1490 g/mol. The summed E-state index contributed by atoms with van der Waals surface area (Å²) < 4.78 is 85.0. The minimum atomic E-state index is -4.42. The highest BCUT2D eigenvalue weighted by Gasteiger charge is 2.52. The predicted molar refractivity (Wildman–Crippen MR) is 357 cm³/mol. The number of alkyl halides is 3. The molecule has 3 atom stereocenters. The predicted octanol–water partition coefficient (Wildman–Crippen LogP) is 15.1. The Balaban J connectivity index is 0.000000155. The van der Waals surface area contributed by atoms with Crippen molar-refractivity contribution in [3.05, 3.63) is 185 Å². The van der Waals surface area contributed by atoms with Crippen LogP contribution in [0.1, 0.15) is 131 Å². The molecule has 5 aromatic carbocycles. The molecule has 7 heterocycles. The molecule has 2 amide bonds. The minimum Gasteiger partial charge on any atom is -0.423 e. The molecule has 6 aliphatic rings. The minimum absolute atomic E-state index is 0.0784. The lowest BCUT2D eigenvalue weighted by Crippen LogP contribution is -2.62. The summed E-state index contributed by atoms with van der Waals surface area (Å²) in [5, 5.41) is 26.9. The van der Waals surface area contributed by atoms with E-state index in [1.165, 1.54) is 17.0 Å². The van der Waals surface area contributed by atoms with Crippen LogP contribution in [0.5, 0.6) is 0 Å². The number of thiophene rings is 1. The number of carbonyl (C=O) groups is 3. The van der Waals surface area contributed by atoms with Crippen LogP contribution in [0.2, 0.25) is 40.2 Å². The second kappa shape index (κ2) is 26.9. The average Bonchev–Trinajstić information content (AvgIpc) is 1.58. The van der Waals surface area contributed by atoms with E-state index in [2.05, 4.69) is 20.8 Å². The topological polar surface area (TPSA) is 204 Å². The molecule has 1 aromatic heterocycles. The van der Waals surface area contributed by atoms with Crippen molar-refractivity contribution in [3.8, 4) is 0 Å². The molecule has 12 rings (SSSR count).